The van der Waals surface area contributed by atoms with E-state index in [4.69, 9.17) is 5.73 Å². The Kier molecular flexibility index (Phi) is 4.80. The molecule has 1 atom stereocenters. The van der Waals surface area contributed by atoms with Gasteiger partial charge in [0.15, 0.2) is 0 Å². The summed E-state index contributed by atoms with van der Waals surface area (Å²) < 4.78 is 0. The molecular formula is C15H23N3O. The van der Waals surface area contributed by atoms with Crippen LogP contribution in [0.5, 0.6) is 0 Å². The van der Waals surface area contributed by atoms with Gasteiger partial charge in [-0.2, -0.15) is 0 Å². The Morgan fingerprint density at radius 1 is 1.47 bits per heavy atom. The molecule has 1 amide bonds. The van der Waals surface area contributed by atoms with Crippen LogP contribution < -0.4 is 11.1 Å². The Hall–Kier alpha value is -1.55. The van der Waals surface area contributed by atoms with Crippen molar-refractivity contribution in [1.29, 1.82) is 0 Å². The Labute approximate surface area is 115 Å². The number of rotatable bonds is 4. The van der Waals surface area contributed by atoms with Gasteiger partial charge in [-0.15, -0.1) is 0 Å². The standard InChI is InChI=1S/C15H23N3O/c1-18-8-3-2-7-14(18)11-17-15(19)10-12-5-4-6-13(16)9-12/h4-6,9,14H,2-3,7-8,10-11,16H2,1H3,(H,17,19). The first-order valence-electron chi connectivity index (χ1n) is 6.96. The summed E-state index contributed by atoms with van der Waals surface area (Å²) >= 11 is 0. The predicted molar refractivity (Wildman–Crippen MR) is 77.8 cm³/mol. The molecule has 0 bridgehead atoms. The SMILES string of the molecule is CN1CCCCC1CNC(=O)Cc1cccc(N)c1. The fourth-order valence-electron chi connectivity index (χ4n) is 2.58. The van der Waals surface area contributed by atoms with Crippen LogP contribution in [0, 0.1) is 0 Å². The number of likely N-dealkylation sites (N-methyl/N-ethyl adjacent to an activating group) is 1. The number of nitrogens with zero attached hydrogens (tertiary/aromatic N) is 1. The largest absolute Gasteiger partial charge is 0.399 e. The fourth-order valence-corrected chi connectivity index (χ4v) is 2.58. The Bertz CT molecular complexity index is 433. The van der Waals surface area contributed by atoms with E-state index in [1.807, 2.05) is 24.3 Å². The highest BCUT2D eigenvalue weighted by atomic mass is 16.1. The van der Waals surface area contributed by atoms with Crippen molar-refractivity contribution >= 4 is 11.6 Å². The number of nitrogen functional groups attached to an aromatic ring is 1. The van der Waals surface area contributed by atoms with Crippen molar-refractivity contribution in [2.45, 2.75) is 31.7 Å². The minimum atomic E-state index is 0.0737. The number of nitrogens with one attached hydrogen (secondary N) is 1. The van der Waals surface area contributed by atoms with Gasteiger partial charge in [0.05, 0.1) is 6.42 Å². The van der Waals surface area contributed by atoms with Crippen LogP contribution in [0.3, 0.4) is 0 Å². The quantitative estimate of drug-likeness (QED) is 0.806. The van der Waals surface area contributed by atoms with Crippen molar-refractivity contribution in [1.82, 2.24) is 10.2 Å². The molecule has 0 saturated carbocycles. The van der Waals surface area contributed by atoms with Crippen molar-refractivity contribution < 1.29 is 4.79 Å². The van der Waals surface area contributed by atoms with Gasteiger partial charge in [0.2, 0.25) is 5.91 Å². The lowest BCUT2D eigenvalue weighted by Crippen LogP contribution is -2.44. The summed E-state index contributed by atoms with van der Waals surface area (Å²) in [6.45, 7) is 1.88. The van der Waals surface area contributed by atoms with Gasteiger partial charge in [0.25, 0.3) is 0 Å². The maximum Gasteiger partial charge on any atom is 0.224 e. The van der Waals surface area contributed by atoms with E-state index in [0.29, 0.717) is 18.2 Å². The molecule has 19 heavy (non-hydrogen) atoms. The maximum atomic E-state index is 11.9. The van der Waals surface area contributed by atoms with E-state index in [1.54, 1.807) is 0 Å². The van der Waals surface area contributed by atoms with Gasteiger partial charge in [0, 0.05) is 18.3 Å². The third-order valence-electron chi connectivity index (χ3n) is 3.77. The van der Waals surface area contributed by atoms with Crippen LogP contribution in [0.4, 0.5) is 5.69 Å². The average molecular weight is 261 g/mol. The number of piperidine rings is 1. The highest BCUT2D eigenvalue weighted by Gasteiger charge is 2.19. The van der Waals surface area contributed by atoms with E-state index >= 15 is 0 Å². The molecule has 4 nitrogen and oxygen atoms in total. The lowest BCUT2D eigenvalue weighted by Gasteiger charge is -2.32. The zero-order valence-corrected chi connectivity index (χ0v) is 11.6. The summed E-state index contributed by atoms with van der Waals surface area (Å²) in [4.78, 5) is 14.2. The zero-order valence-electron chi connectivity index (χ0n) is 11.6. The molecule has 0 radical (unpaired) electrons. The van der Waals surface area contributed by atoms with Crippen LogP contribution in [0.25, 0.3) is 0 Å². The lowest BCUT2D eigenvalue weighted by atomic mass is 10.0. The first-order chi connectivity index (χ1) is 9.15. The highest BCUT2D eigenvalue weighted by Crippen LogP contribution is 2.14. The number of nitrogens with two attached hydrogens (primary N) is 1. The van der Waals surface area contributed by atoms with Gasteiger partial charge >= 0.3 is 0 Å². The molecule has 1 aliphatic heterocycles. The van der Waals surface area contributed by atoms with Crippen LogP contribution in [0.2, 0.25) is 0 Å². The Balaban J connectivity index is 1.78. The minimum Gasteiger partial charge on any atom is -0.399 e. The normalized spacial score (nSPS) is 20.2. The van der Waals surface area contributed by atoms with Crippen LogP contribution in [0.15, 0.2) is 24.3 Å². The number of hydrogen-bond donors (Lipinski definition) is 2. The molecule has 0 aliphatic carbocycles. The van der Waals surface area contributed by atoms with E-state index in [9.17, 15) is 4.79 Å². The molecule has 1 heterocycles. The smallest absolute Gasteiger partial charge is 0.224 e. The van der Waals surface area contributed by atoms with E-state index in [1.165, 1.54) is 19.3 Å². The van der Waals surface area contributed by atoms with Crippen molar-refractivity contribution in [2.75, 3.05) is 25.9 Å². The number of likely N-dealkylation sites (tertiary alicyclic amines) is 1. The molecule has 1 aromatic rings. The van der Waals surface area contributed by atoms with Crippen LogP contribution in [0.1, 0.15) is 24.8 Å². The minimum absolute atomic E-state index is 0.0737. The van der Waals surface area contributed by atoms with Crippen LogP contribution in [-0.4, -0.2) is 37.0 Å². The maximum absolute atomic E-state index is 11.9. The third kappa shape index (κ3) is 4.24. The monoisotopic (exact) mass is 261 g/mol. The van der Waals surface area contributed by atoms with Gasteiger partial charge in [0.1, 0.15) is 0 Å². The topological polar surface area (TPSA) is 58.4 Å². The van der Waals surface area contributed by atoms with Gasteiger partial charge < -0.3 is 16.0 Å². The van der Waals surface area contributed by atoms with Crippen molar-refractivity contribution in [3.63, 3.8) is 0 Å². The van der Waals surface area contributed by atoms with Gasteiger partial charge in [-0.05, 0) is 44.1 Å². The molecule has 4 heteroatoms. The summed E-state index contributed by atoms with van der Waals surface area (Å²) in [6.07, 6.45) is 4.11. The molecule has 1 aromatic carbocycles. The van der Waals surface area contributed by atoms with E-state index in [0.717, 1.165) is 18.7 Å². The Morgan fingerprint density at radius 2 is 2.32 bits per heavy atom. The summed E-state index contributed by atoms with van der Waals surface area (Å²) in [7, 11) is 2.13. The number of benzene rings is 1. The van der Waals surface area contributed by atoms with Crippen molar-refractivity contribution in [3.05, 3.63) is 29.8 Å². The van der Waals surface area contributed by atoms with Crippen LogP contribution in [-0.2, 0) is 11.2 Å². The number of carbonyl (C=O) groups excluding carboxylic acids is 1. The first-order valence-corrected chi connectivity index (χ1v) is 6.96. The Morgan fingerprint density at radius 3 is 3.05 bits per heavy atom. The molecule has 3 N–H and O–H groups in total. The summed E-state index contributed by atoms with van der Waals surface area (Å²) in [5.74, 6) is 0.0737. The van der Waals surface area contributed by atoms with E-state index in [-0.39, 0.29) is 5.91 Å². The zero-order chi connectivity index (χ0) is 13.7. The number of carbonyl (C=O) groups is 1. The first kappa shape index (κ1) is 13.9. The number of amides is 1. The van der Waals surface area contributed by atoms with E-state index in [2.05, 4.69) is 17.3 Å². The average Bonchev–Trinajstić information content (AvgIpc) is 2.38. The molecular weight excluding hydrogens is 238 g/mol. The second kappa shape index (κ2) is 6.57. The second-order valence-electron chi connectivity index (χ2n) is 5.36. The van der Waals surface area contributed by atoms with E-state index < -0.39 is 0 Å². The second-order valence-corrected chi connectivity index (χ2v) is 5.36. The molecule has 2 rings (SSSR count). The number of anilines is 1. The van der Waals surface area contributed by atoms with Gasteiger partial charge in [-0.25, -0.2) is 0 Å². The predicted octanol–water partition coefficient (Wildman–Crippen LogP) is 1.41. The van der Waals surface area contributed by atoms with Crippen LogP contribution >= 0.6 is 0 Å². The molecule has 0 aromatic heterocycles. The van der Waals surface area contributed by atoms with Crippen molar-refractivity contribution in [2.24, 2.45) is 0 Å². The third-order valence-corrected chi connectivity index (χ3v) is 3.77. The summed E-state index contributed by atoms with van der Waals surface area (Å²) in [6, 6.07) is 7.98. The summed E-state index contributed by atoms with van der Waals surface area (Å²) in [5.41, 5.74) is 7.38. The molecule has 1 unspecified atom stereocenters. The highest BCUT2D eigenvalue weighted by molar-refractivity contribution is 5.78. The molecule has 104 valence electrons. The molecule has 1 aliphatic rings. The molecule has 1 fully saturated rings. The fraction of sp³-hybridized carbons (Fsp3) is 0.533. The van der Waals surface area contributed by atoms with Gasteiger partial charge in [-0.1, -0.05) is 18.6 Å². The van der Waals surface area contributed by atoms with Gasteiger partial charge in [-0.3, -0.25) is 4.79 Å². The molecule has 1 saturated heterocycles. The lowest BCUT2D eigenvalue weighted by molar-refractivity contribution is -0.120. The van der Waals surface area contributed by atoms with Crippen molar-refractivity contribution in [3.8, 4) is 0 Å². The number of hydrogen-bond acceptors (Lipinski definition) is 3. The summed E-state index contributed by atoms with van der Waals surface area (Å²) in [5, 5.41) is 3.03. The molecule has 0 spiro atoms.